The van der Waals surface area contributed by atoms with Gasteiger partial charge >= 0.3 is 0 Å². The monoisotopic (exact) mass is 429 g/mol. The van der Waals surface area contributed by atoms with E-state index < -0.39 is 15.9 Å². The van der Waals surface area contributed by atoms with E-state index in [1.54, 1.807) is 18.2 Å². The van der Waals surface area contributed by atoms with Crippen LogP contribution in [-0.2, 0) is 10.0 Å². The van der Waals surface area contributed by atoms with Crippen LogP contribution in [0.25, 0.3) is 10.6 Å². The molecule has 0 aliphatic carbocycles. The van der Waals surface area contributed by atoms with Crippen LogP contribution >= 0.6 is 11.3 Å². The molecule has 29 heavy (non-hydrogen) atoms. The summed E-state index contributed by atoms with van der Waals surface area (Å²) in [6, 6.07) is 11.6. The second-order valence-corrected chi connectivity index (χ2v) is 9.19. The molecular weight excluding hydrogens is 410 g/mol. The van der Waals surface area contributed by atoms with Crippen LogP contribution in [0.3, 0.4) is 0 Å². The number of nitrogens with zero attached hydrogens (tertiary/aromatic N) is 3. The molecule has 0 bridgehead atoms. The van der Waals surface area contributed by atoms with Gasteiger partial charge in [0.25, 0.3) is 15.9 Å². The van der Waals surface area contributed by atoms with Crippen LogP contribution in [0.15, 0.2) is 57.1 Å². The molecule has 2 aromatic heterocycles. The summed E-state index contributed by atoms with van der Waals surface area (Å²) in [5.74, 6) is 0.123. The Balaban J connectivity index is 1.52. The van der Waals surface area contributed by atoms with Crippen LogP contribution in [0.5, 0.6) is 0 Å². The first-order valence-corrected chi connectivity index (χ1v) is 11.3. The van der Waals surface area contributed by atoms with E-state index in [0.29, 0.717) is 17.9 Å². The number of hydrogen-bond donors (Lipinski definition) is 2. The molecule has 2 N–H and O–H groups in total. The van der Waals surface area contributed by atoms with Gasteiger partial charge in [-0.3, -0.25) is 9.89 Å². The van der Waals surface area contributed by atoms with Crippen molar-refractivity contribution in [1.82, 2.24) is 15.1 Å². The second-order valence-electron chi connectivity index (χ2n) is 6.63. The highest BCUT2D eigenvalue weighted by atomic mass is 32.2. The predicted molar refractivity (Wildman–Crippen MR) is 113 cm³/mol. The van der Waals surface area contributed by atoms with Crippen LogP contribution in [-0.4, -0.2) is 48.9 Å². The Morgan fingerprint density at radius 3 is 2.86 bits per heavy atom. The molecule has 8 nitrogen and oxygen atoms in total. The molecular formula is C19H19N5O3S2. The molecule has 0 spiro atoms. The number of likely N-dealkylation sites (tertiary alicyclic amines) is 1. The number of benzene rings is 1. The standard InChI is InChI=1S/C19H19N5O3S2/c1-24-9-3-8-18(24)23-29(26,27)14-6-2-5-13(11-14)20-19(25)16-12-15(21-22-16)17-7-4-10-28-17/h2,4-7,10-12H,3,8-9H2,1H3,(H,20,25)(H,21,22)/b23-18+. The van der Waals surface area contributed by atoms with Gasteiger partial charge in [-0.05, 0) is 42.1 Å². The zero-order chi connectivity index (χ0) is 20.4. The second kappa shape index (κ2) is 7.80. The smallest absolute Gasteiger partial charge is 0.284 e. The molecule has 150 valence electrons. The maximum atomic E-state index is 12.6. The number of nitrogens with one attached hydrogen (secondary N) is 2. The fourth-order valence-corrected chi connectivity index (χ4v) is 4.86. The predicted octanol–water partition coefficient (Wildman–Crippen LogP) is 3.20. The summed E-state index contributed by atoms with van der Waals surface area (Å²) >= 11 is 1.54. The zero-order valence-electron chi connectivity index (χ0n) is 15.6. The Kier molecular flexibility index (Phi) is 5.20. The number of hydrogen-bond acceptors (Lipinski definition) is 5. The van der Waals surface area contributed by atoms with Crippen LogP contribution in [0.4, 0.5) is 5.69 Å². The largest absolute Gasteiger partial charge is 0.362 e. The van der Waals surface area contributed by atoms with E-state index in [-0.39, 0.29) is 10.6 Å². The Morgan fingerprint density at radius 1 is 1.28 bits per heavy atom. The Hall–Kier alpha value is -2.98. The SMILES string of the molecule is CN1CCC/C1=N\S(=O)(=O)c1cccc(NC(=O)c2cc(-c3cccs3)[nH]n2)c1. The number of amidine groups is 1. The number of carbonyl (C=O) groups is 1. The van der Waals surface area contributed by atoms with Gasteiger partial charge in [0.05, 0.1) is 15.5 Å². The highest BCUT2D eigenvalue weighted by Gasteiger charge is 2.21. The van der Waals surface area contributed by atoms with Gasteiger partial charge in [-0.15, -0.1) is 15.7 Å². The number of amides is 1. The summed E-state index contributed by atoms with van der Waals surface area (Å²) in [6.07, 6.45) is 1.52. The van der Waals surface area contributed by atoms with Crippen molar-refractivity contribution in [2.24, 2.45) is 4.40 Å². The molecule has 3 aromatic rings. The van der Waals surface area contributed by atoms with Crippen LogP contribution < -0.4 is 5.32 Å². The number of sulfonamides is 1. The minimum absolute atomic E-state index is 0.0319. The van der Waals surface area contributed by atoms with E-state index in [2.05, 4.69) is 19.9 Å². The van der Waals surface area contributed by atoms with E-state index in [9.17, 15) is 13.2 Å². The van der Waals surface area contributed by atoms with Crippen molar-refractivity contribution in [3.63, 3.8) is 0 Å². The molecule has 3 heterocycles. The molecule has 1 amide bonds. The van der Waals surface area contributed by atoms with E-state index in [1.165, 1.54) is 23.5 Å². The fourth-order valence-electron chi connectivity index (χ4n) is 3.03. The molecule has 1 aliphatic rings. The number of carbonyl (C=O) groups excluding carboxylic acids is 1. The van der Waals surface area contributed by atoms with E-state index in [0.717, 1.165) is 23.5 Å². The van der Waals surface area contributed by atoms with Gasteiger partial charge in [0.15, 0.2) is 5.69 Å². The summed E-state index contributed by atoms with van der Waals surface area (Å²) in [4.78, 5) is 15.3. The number of anilines is 1. The van der Waals surface area contributed by atoms with Crippen molar-refractivity contribution in [1.29, 1.82) is 0 Å². The fraction of sp³-hybridized carbons (Fsp3) is 0.211. The van der Waals surface area contributed by atoms with Gasteiger partial charge in [0, 0.05) is 25.7 Å². The molecule has 0 unspecified atom stereocenters. The van der Waals surface area contributed by atoms with Gasteiger partial charge in [-0.2, -0.15) is 13.5 Å². The highest BCUT2D eigenvalue weighted by Crippen LogP contribution is 2.24. The summed E-state index contributed by atoms with van der Waals surface area (Å²) < 4.78 is 29.2. The highest BCUT2D eigenvalue weighted by molar-refractivity contribution is 7.90. The van der Waals surface area contributed by atoms with Crippen molar-refractivity contribution < 1.29 is 13.2 Å². The average Bonchev–Trinajstić information content (AvgIpc) is 3.44. The van der Waals surface area contributed by atoms with Crippen molar-refractivity contribution in [3.8, 4) is 10.6 Å². The molecule has 1 saturated heterocycles. The first-order chi connectivity index (χ1) is 13.9. The summed E-state index contributed by atoms with van der Waals surface area (Å²) in [6.45, 7) is 0.793. The summed E-state index contributed by atoms with van der Waals surface area (Å²) in [5, 5.41) is 11.5. The summed E-state index contributed by atoms with van der Waals surface area (Å²) in [7, 11) is -2.02. The molecule has 0 atom stereocenters. The first-order valence-electron chi connectivity index (χ1n) is 8.98. The number of aromatic amines is 1. The molecule has 1 aromatic carbocycles. The molecule has 0 radical (unpaired) electrons. The van der Waals surface area contributed by atoms with Crippen LogP contribution in [0.1, 0.15) is 23.3 Å². The quantitative estimate of drug-likeness (QED) is 0.648. The molecule has 4 rings (SSSR count). The maximum absolute atomic E-state index is 12.6. The topological polar surface area (TPSA) is 108 Å². The molecule has 1 fully saturated rings. The van der Waals surface area contributed by atoms with Gasteiger partial charge in [0.2, 0.25) is 0 Å². The third kappa shape index (κ3) is 4.22. The van der Waals surface area contributed by atoms with E-state index >= 15 is 0 Å². The Bertz CT molecular complexity index is 1170. The minimum Gasteiger partial charge on any atom is -0.362 e. The Morgan fingerprint density at radius 2 is 2.14 bits per heavy atom. The third-order valence-corrected chi connectivity index (χ3v) is 6.75. The minimum atomic E-state index is -3.85. The maximum Gasteiger partial charge on any atom is 0.284 e. The van der Waals surface area contributed by atoms with Crippen molar-refractivity contribution >= 4 is 38.8 Å². The molecule has 1 aliphatic heterocycles. The number of rotatable bonds is 5. The number of thiophene rings is 1. The number of H-pyrrole nitrogens is 1. The average molecular weight is 430 g/mol. The lowest BCUT2D eigenvalue weighted by atomic mass is 10.3. The van der Waals surface area contributed by atoms with Crippen molar-refractivity contribution in [2.75, 3.05) is 18.9 Å². The van der Waals surface area contributed by atoms with Gasteiger partial charge < -0.3 is 10.2 Å². The summed E-state index contributed by atoms with van der Waals surface area (Å²) in [5.41, 5.74) is 1.32. The van der Waals surface area contributed by atoms with Crippen LogP contribution in [0.2, 0.25) is 0 Å². The number of aromatic nitrogens is 2. The van der Waals surface area contributed by atoms with Crippen LogP contribution in [0, 0.1) is 0 Å². The normalized spacial score (nSPS) is 15.8. The lowest BCUT2D eigenvalue weighted by molar-refractivity contribution is 0.102. The van der Waals surface area contributed by atoms with Gasteiger partial charge in [0.1, 0.15) is 5.84 Å². The molecule has 10 heteroatoms. The lowest BCUT2D eigenvalue weighted by Gasteiger charge is -2.11. The van der Waals surface area contributed by atoms with Crippen molar-refractivity contribution in [2.45, 2.75) is 17.7 Å². The third-order valence-electron chi connectivity index (χ3n) is 4.55. The first kappa shape index (κ1) is 19.3. The Labute approximate surface area is 172 Å². The van der Waals surface area contributed by atoms with Gasteiger partial charge in [-0.1, -0.05) is 12.1 Å². The van der Waals surface area contributed by atoms with Crippen molar-refractivity contribution in [3.05, 3.63) is 53.5 Å². The molecule has 0 saturated carbocycles. The van der Waals surface area contributed by atoms with Gasteiger partial charge in [-0.25, -0.2) is 0 Å². The van der Waals surface area contributed by atoms with E-state index in [4.69, 9.17) is 0 Å². The van der Waals surface area contributed by atoms with E-state index in [1.807, 2.05) is 29.5 Å². The lowest BCUT2D eigenvalue weighted by Crippen LogP contribution is -2.20. The zero-order valence-corrected chi connectivity index (χ0v) is 17.3.